The van der Waals surface area contributed by atoms with E-state index in [4.69, 9.17) is 29.9 Å². The minimum Gasteiger partial charge on any atom is -0.256 e. The highest BCUT2D eigenvalue weighted by Gasteiger charge is 2.17. The van der Waals surface area contributed by atoms with Crippen molar-refractivity contribution in [3.8, 4) is 90.6 Å². The summed E-state index contributed by atoms with van der Waals surface area (Å²) in [6.07, 6.45) is 3.68. The van der Waals surface area contributed by atoms with Crippen molar-refractivity contribution in [3.05, 3.63) is 291 Å². The van der Waals surface area contributed by atoms with Crippen LogP contribution in [0.3, 0.4) is 0 Å². The minimum atomic E-state index is 0.638. The predicted molar refractivity (Wildman–Crippen MR) is 344 cm³/mol. The number of hydrogen-bond acceptors (Lipinski definition) is 8. The first kappa shape index (κ1) is 49.6. The highest BCUT2D eigenvalue weighted by atomic mass is 15.0. The Hall–Kier alpha value is -11.5. The van der Waals surface area contributed by atoms with Crippen molar-refractivity contribution < 1.29 is 0 Å². The molecular weight excluding hydrogens is 1020 g/mol. The van der Waals surface area contributed by atoms with Crippen molar-refractivity contribution >= 4 is 64.9 Å². The second-order valence-electron chi connectivity index (χ2n) is 20.8. The zero-order valence-corrected chi connectivity index (χ0v) is 45.3. The molecule has 16 rings (SSSR count). The highest BCUT2D eigenvalue weighted by molar-refractivity contribution is 5.96. The van der Waals surface area contributed by atoms with E-state index in [-0.39, 0.29) is 0 Å². The van der Waals surface area contributed by atoms with Gasteiger partial charge < -0.3 is 0 Å². The number of hydrogen-bond donors (Lipinski definition) is 0. The summed E-state index contributed by atoms with van der Waals surface area (Å²) in [6.45, 7) is 0. The van der Waals surface area contributed by atoms with Gasteiger partial charge in [-0.05, 0) is 90.6 Å². The van der Waals surface area contributed by atoms with Crippen molar-refractivity contribution in [2.24, 2.45) is 0 Å². The lowest BCUT2D eigenvalue weighted by atomic mass is 10.0. The smallest absolute Gasteiger partial charge is 0.164 e. The van der Waals surface area contributed by atoms with Crippen LogP contribution in [0.15, 0.2) is 291 Å². The number of pyridine rings is 2. The van der Waals surface area contributed by atoms with Crippen LogP contribution in [0.5, 0.6) is 0 Å². The molecule has 0 saturated carbocycles. The first-order valence-corrected chi connectivity index (χ1v) is 27.9. The molecule has 4 aromatic heterocycles. The Bertz CT molecular complexity index is 4630. The first-order chi connectivity index (χ1) is 41.6. The van der Waals surface area contributed by atoms with E-state index in [1.54, 1.807) is 0 Å². The van der Waals surface area contributed by atoms with Gasteiger partial charge >= 0.3 is 0 Å². The summed E-state index contributed by atoms with van der Waals surface area (Å²) < 4.78 is 0. The Balaban J connectivity index is 0.000000143. The van der Waals surface area contributed by atoms with Gasteiger partial charge in [-0.1, -0.05) is 243 Å². The maximum atomic E-state index is 4.99. The van der Waals surface area contributed by atoms with E-state index in [2.05, 4.69) is 277 Å². The summed E-state index contributed by atoms with van der Waals surface area (Å²) >= 11 is 0. The van der Waals surface area contributed by atoms with Crippen molar-refractivity contribution in [1.82, 2.24) is 39.9 Å². The van der Waals surface area contributed by atoms with Gasteiger partial charge in [0.2, 0.25) is 0 Å². The highest BCUT2D eigenvalue weighted by Crippen LogP contribution is 2.35. The van der Waals surface area contributed by atoms with E-state index in [0.29, 0.717) is 34.9 Å². The van der Waals surface area contributed by atoms with E-state index in [1.165, 1.54) is 21.5 Å². The average molecular weight is 1070 g/mol. The molecule has 0 radical (unpaired) electrons. The molecular formula is C76H48N8. The molecule has 84 heavy (non-hydrogen) atoms. The molecule has 0 spiro atoms. The van der Waals surface area contributed by atoms with Crippen LogP contribution in [0.4, 0.5) is 0 Å². The largest absolute Gasteiger partial charge is 0.256 e. The molecule has 0 aliphatic heterocycles. The van der Waals surface area contributed by atoms with E-state index in [0.717, 1.165) is 99.0 Å². The molecule has 0 unspecified atom stereocenters. The maximum Gasteiger partial charge on any atom is 0.164 e. The van der Waals surface area contributed by atoms with Gasteiger partial charge in [-0.15, -0.1) is 0 Å². The Kier molecular flexibility index (Phi) is 12.7. The van der Waals surface area contributed by atoms with Crippen LogP contribution in [-0.2, 0) is 0 Å². The monoisotopic (exact) mass is 1070 g/mol. The van der Waals surface area contributed by atoms with Gasteiger partial charge in [-0.25, -0.2) is 29.9 Å². The molecule has 0 fully saturated rings. The molecule has 16 aromatic rings. The molecule has 4 heterocycles. The summed E-state index contributed by atoms with van der Waals surface area (Å²) in [6, 6.07) is 96.3. The first-order valence-electron chi connectivity index (χ1n) is 27.9. The zero-order chi connectivity index (χ0) is 55.8. The van der Waals surface area contributed by atoms with Crippen molar-refractivity contribution in [1.29, 1.82) is 0 Å². The van der Waals surface area contributed by atoms with Crippen LogP contribution in [0, 0.1) is 0 Å². The third kappa shape index (κ3) is 9.80. The molecule has 0 saturated heterocycles. The molecule has 0 atom stereocenters. The van der Waals surface area contributed by atoms with Gasteiger partial charge in [0.15, 0.2) is 34.9 Å². The number of nitrogens with zero attached hydrogens (tertiary/aromatic N) is 8. The molecule has 0 aliphatic rings. The quantitative estimate of drug-likeness (QED) is 0.148. The molecule has 392 valence electrons. The predicted octanol–water partition coefficient (Wildman–Crippen LogP) is 18.8. The zero-order valence-electron chi connectivity index (χ0n) is 45.3. The summed E-state index contributed by atoms with van der Waals surface area (Å²) in [5.74, 6) is 3.87. The number of benzene rings is 12. The fourth-order valence-corrected chi connectivity index (χ4v) is 11.1. The third-order valence-electron chi connectivity index (χ3n) is 15.5. The number of rotatable bonds is 8. The van der Waals surface area contributed by atoms with Gasteiger partial charge in [0.05, 0.1) is 11.0 Å². The van der Waals surface area contributed by atoms with Crippen LogP contribution in [0.1, 0.15) is 0 Å². The molecule has 0 bridgehead atoms. The summed E-state index contributed by atoms with van der Waals surface area (Å²) in [5, 5.41) is 11.6. The summed E-state index contributed by atoms with van der Waals surface area (Å²) in [4.78, 5) is 39.2. The molecule has 0 N–H and O–H groups in total. The Morgan fingerprint density at radius 3 is 0.714 bits per heavy atom. The van der Waals surface area contributed by atoms with E-state index < -0.39 is 0 Å². The average Bonchev–Trinajstić information content (AvgIpc) is 3.76. The lowest BCUT2D eigenvalue weighted by Crippen LogP contribution is -2.00. The molecule has 8 nitrogen and oxygen atoms in total. The SMILES string of the molecule is c1ccc2cc(-c3nc(-c4ccc(-c5cccc6cccnc56)cc4)nc(-c4ccc5ccccc5c4)n3)ccc2c1.c1ccc2cc(-c3nc(-c4ccc(-c5cccc6cccnc56)cc4)nc(-c4ccc5ccccc5c4)n3)ccc2c1. The van der Waals surface area contributed by atoms with Gasteiger partial charge in [0.1, 0.15) is 0 Å². The van der Waals surface area contributed by atoms with Gasteiger partial charge in [-0.2, -0.15) is 0 Å². The number of para-hydroxylation sites is 2. The fraction of sp³-hybridized carbons (Fsp3) is 0. The summed E-state index contributed by atoms with van der Waals surface area (Å²) in [5.41, 5.74) is 12.1. The van der Waals surface area contributed by atoms with Crippen molar-refractivity contribution in [2.45, 2.75) is 0 Å². The Labute approximate surface area is 484 Å². The van der Waals surface area contributed by atoms with Crippen LogP contribution in [0.25, 0.3) is 155 Å². The third-order valence-corrected chi connectivity index (χ3v) is 15.5. The van der Waals surface area contributed by atoms with Gasteiger partial charge in [-0.3, -0.25) is 9.97 Å². The Morgan fingerprint density at radius 2 is 0.405 bits per heavy atom. The van der Waals surface area contributed by atoms with Crippen molar-refractivity contribution in [3.63, 3.8) is 0 Å². The minimum absolute atomic E-state index is 0.638. The topological polar surface area (TPSA) is 103 Å². The number of fused-ring (bicyclic) bond motifs is 6. The standard InChI is InChI=1S/2C38H24N4/c2*1-3-9-30-23-32(20-14-25(30)7-1)37-40-36(41-38(42-37)33-21-15-26-8-2-4-10-31(26)24-33)29-18-16-27(17-19-29)34-13-5-11-28-12-6-22-39-35(28)34/h2*1-24H. The Morgan fingerprint density at radius 1 is 0.167 bits per heavy atom. The van der Waals surface area contributed by atoms with Crippen LogP contribution >= 0.6 is 0 Å². The van der Waals surface area contributed by atoms with E-state index in [1.807, 2.05) is 24.5 Å². The molecule has 0 aliphatic carbocycles. The van der Waals surface area contributed by atoms with Gasteiger partial charge in [0.25, 0.3) is 0 Å². The van der Waals surface area contributed by atoms with Crippen LogP contribution < -0.4 is 0 Å². The fourth-order valence-electron chi connectivity index (χ4n) is 11.1. The maximum absolute atomic E-state index is 4.99. The number of aromatic nitrogens is 8. The molecule has 0 amide bonds. The van der Waals surface area contributed by atoms with Crippen LogP contribution in [0.2, 0.25) is 0 Å². The normalized spacial score (nSPS) is 11.3. The second kappa shape index (κ2) is 21.5. The van der Waals surface area contributed by atoms with Crippen molar-refractivity contribution in [2.75, 3.05) is 0 Å². The summed E-state index contributed by atoms with van der Waals surface area (Å²) in [7, 11) is 0. The molecule has 12 aromatic carbocycles. The van der Waals surface area contributed by atoms with E-state index in [9.17, 15) is 0 Å². The lowest BCUT2D eigenvalue weighted by Gasteiger charge is -2.11. The van der Waals surface area contributed by atoms with Crippen LogP contribution in [-0.4, -0.2) is 39.9 Å². The molecule has 8 heteroatoms. The lowest BCUT2D eigenvalue weighted by molar-refractivity contribution is 1.07. The second-order valence-corrected chi connectivity index (χ2v) is 20.8. The van der Waals surface area contributed by atoms with Gasteiger partial charge in [0, 0.05) is 67.7 Å². The van der Waals surface area contributed by atoms with E-state index >= 15 is 0 Å².